The van der Waals surface area contributed by atoms with Crippen LogP contribution in [0, 0.1) is 0 Å². The number of nitrogens with one attached hydrogen (secondary N) is 1. The molecule has 19 heavy (non-hydrogen) atoms. The maximum atomic E-state index is 11.7. The smallest absolute Gasteiger partial charge is 0.239 e. The highest BCUT2D eigenvalue weighted by Crippen LogP contribution is 2.17. The first kappa shape index (κ1) is 15.5. The predicted molar refractivity (Wildman–Crippen MR) is 74.0 cm³/mol. The molecule has 0 saturated heterocycles. The van der Waals surface area contributed by atoms with Crippen molar-refractivity contribution in [3.05, 3.63) is 29.8 Å². The topological polar surface area (TPSA) is 73.6 Å². The molecule has 0 fully saturated rings. The normalized spacial score (nSPS) is 13.7. The van der Waals surface area contributed by atoms with Crippen LogP contribution < -0.4 is 15.8 Å². The zero-order valence-corrected chi connectivity index (χ0v) is 11.7. The van der Waals surface area contributed by atoms with Gasteiger partial charge in [-0.25, -0.2) is 0 Å². The van der Waals surface area contributed by atoms with Crippen LogP contribution in [0.4, 0.5) is 0 Å². The molecular formula is C14H22N2O3. The van der Waals surface area contributed by atoms with Crippen molar-refractivity contribution in [1.29, 1.82) is 0 Å². The fourth-order valence-corrected chi connectivity index (χ4v) is 1.68. The zero-order chi connectivity index (χ0) is 14.3. The highest BCUT2D eigenvalue weighted by atomic mass is 16.5. The van der Waals surface area contributed by atoms with Crippen LogP contribution in [0.25, 0.3) is 0 Å². The monoisotopic (exact) mass is 266 g/mol. The fraction of sp³-hybridized carbons (Fsp3) is 0.500. The molecule has 1 rings (SSSR count). The number of methoxy groups -OCH3 is 1. The Hall–Kier alpha value is -1.59. The standard InChI is InChI=1S/C14H22N2O3/c1-4-19-12-7-5-11(6-8-12)10(2)16-14(17)13(15)9-18-3/h5-8,10,13H,4,9,15H2,1-3H3,(H,16,17). The van der Waals surface area contributed by atoms with Crippen LogP contribution in [0.3, 0.4) is 0 Å². The first-order valence-corrected chi connectivity index (χ1v) is 6.36. The second kappa shape index (κ2) is 7.76. The summed E-state index contributed by atoms with van der Waals surface area (Å²) in [6, 6.07) is 6.88. The lowest BCUT2D eigenvalue weighted by Gasteiger charge is -2.17. The second-order valence-electron chi connectivity index (χ2n) is 4.29. The molecule has 5 nitrogen and oxygen atoms in total. The average molecular weight is 266 g/mol. The molecule has 0 aliphatic carbocycles. The van der Waals surface area contributed by atoms with E-state index in [4.69, 9.17) is 15.2 Å². The van der Waals surface area contributed by atoms with Crippen LogP contribution in [0.15, 0.2) is 24.3 Å². The molecule has 0 radical (unpaired) electrons. The van der Waals surface area contributed by atoms with Gasteiger partial charge in [0.05, 0.1) is 19.3 Å². The Labute approximate surface area is 114 Å². The van der Waals surface area contributed by atoms with Crippen LogP contribution in [-0.4, -0.2) is 32.3 Å². The number of hydrogen-bond acceptors (Lipinski definition) is 4. The number of amides is 1. The Morgan fingerprint density at radius 3 is 2.53 bits per heavy atom. The molecule has 2 atom stereocenters. The molecule has 0 saturated carbocycles. The van der Waals surface area contributed by atoms with Crippen molar-refractivity contribution < 1.29 is 14.3 Å². The lowest BCUT2D eigenvalue weighted by atomic mass is 10.1. The van der Waals surface area contributed by atoms with Crippen molar-refractivity contribution in [3.63, 3.8) is 0 Å². The number of benzene rings is 1. The average Bonchev–Trinajstić information content (AvgIpc) is 2.40. The van der Waals surface area contributed by atoms with Gasteiger partial charge >= 0.3 is 0 Å². The Morgan fingerprint density at radius 1 is 1.37 bits per heavy atom. The summed E-state index contributed by atoms with van der Waals surface area (Å²) < 4.78 is 10.2. The van der Waals surface area contributed by atoms with Gasteiger partial charge in [0.25, 0.3) is 0 Å². The maximum Gasteiger partial charge on any atom is 0.239 e. The second-order valence-corrected chi connectivity index (χ2v) is 4.29. The quantitative estimate of drug-likeness (QED) is 0.778. The van der Waals surface area contributed by atoms with Crippen molar-refractivity contribution >= 4 is 5.91 Å². The third kappa shape index (κ3) is 4.89. The van der Waals surface area contributed by atoms with E-state index in [1.165, 1.54) is 7.11 Å². The minimum atomic E-state index is -0.643. The van der Waals surface area contributed by atoms with E-state index in [1.807, 2.05) is 38.1 Å². The number of carbonyl (C=O) groups is 1. The summed E-state index contributed by atoms with van der Waals surface area (Å²) in [5.74, 6) is 0.601. The van der Waals surface area contributed by atoms with E-state index in [1.54, 1.807) is 0 Å². The number of hydrogen-bond donors (Lipinski definition) is 2. The van der Waals surface area contributed by atoms with Crippen molar-refractivity contribution in [3.8, 4) is 5.75 Å². The molecule has 0 bridgehead atoms. The van der Waals surface area contributed by atoms with E-state index >= 15 is 0 Å². The van der Waals surface area contributed by atoms with Crippen molar-refractivity contribution in [2.24, 2.45) is 5.73 Å². The molecule has 0 heterocycles. The predicted octanol–water partition coefficient (Wildman–Crippen LogP) is 1.24. The van der Waals surface area contributed by atoms with Gasteiger partial charge in [-0.2, -0.15) is 0 Å². The van der Waals surface area contributed by atoms with Gasteiger partial charge in [-0.05, 0) is 31.5 Å². The largest absolute Gasteiger partial charge is 0.494 e. The highest BCUT2D eigenvalue weighted by Gasteiger charge is 2.16. The molecule has 2 unspecified atom stereocenters. The molecule has 1 amide bonds. The van der Waals surface area contributed by atoms with Gasteiger partial charge in [0.15, 0.2) is 0 Å². The summed E-state index contributed by atoms with van der Waals surface area (Å²) in [4.78, 5) is 11.7. The third-order valence-electron chi connectivity index (χ3n) is 2.73. The number of nitrogens with two attached hydrogens (primary N) is 1. The zero-order valence-electron chi connectivity index (χ0n) is 11.7. The molecule has 0 aliphatic rings. The van der Waals surface area contributed by atoms with Crippen LogP contribution >= 0.6 is 0 Å². The number of carbonyl (C=O) groups excluding carboxylic acids is 1. The van der Waals surface area contributed by atoms with Gasteiger partial charge in [0, 0.05) is 7.11 Å². The van der Waals surface area contributed by atoms with Gasteiger partial charge in [-0.15, -0.1) is 0 Å². The van der Waals surface area contributed by atoms with E-state index in [0.717, 1.165) is 11.3 Å². The van der Waals surface area contributed by atoms with E-state index in [0.29, 0.717) is 6.61 Å². The Bertz CT molecular complexity index is 392. The molecule has 5 heteroatoms. The van der Waals surface area contributed by atoms with Gasteiger partial charge in [-0.3, -0.25) is 4.79 Å². The summed E-state index contributed by atoms with van der Waals surface area (Å²) in [7, 11) is 1.52. The summed E-state index contributed by atoms with van der Waals surface area (Å²) in [6.07, 6.45) is 0. The first-order valence-electron chi connectivity index (χ1n) is 6.36. The fourth-order valence-electron chi connectivity index (χ4n) is 1.68. The van der Waals surface area contributed by atoms with E-state index in [9.17, 15) is 4.79 Å². The van der Waals surface area contributed by atoms with E-state index in [2.05, 4.69) is 5.32 Å². The summed E-state index contributed by atoms with van der Waals surface area (Å²) in [5, 5.41) is 2.85. The van der Waals surface area contributed by atoms with Gasteiger partial charge < -0.3 is 20.5 Å². The maximum absolute atomic E-state index is 11.7. The van der Waals surface area contributed by atoms with Crippen LogP contribution in [0.5, 0.6) is 5.75 Å². The first-order chi connectivity index (χ1) is 9.08. The Kier molecular flexibility index (Phi) is 6.32. The van der Waals surface area contributed by atoms with Gasteiger partial charge in [0.2, 0.25) is 5.91 Å². The molecule has 0 aliphatic heterocycles. The molecule has 1 aromatic rings. The molecular weight excluding hydrogens is 244 g/mol. The lowest BCUT2D eigenvalue weighted by Crippen LogP contribution is -2.44. The SMILES string of the molecule is CCOc1ccc(C(C)NC(=O)C(N)COC)cc1. The number of ether oxygens (including phenoxy) is 2. The highest BCUT2D eigenvalue weighted by molar-refractivity contribution is 5.82. The molecule has 106 valence electrons. The van der Waals surface area contributed by atoms with Crippen LogP contribution in [0.2, 0.25) is 0 Å². The Balaban J connectivity index is 2.57. The summed E-state index contributed by atoms with van der Waals surface area (Å²) in [6.45, 7) is 4.69. The summed E-state index contributed by atoms with van der Waals surface area (Å²) in [5.41, 5.74) is 6.66. The number of rotatable bonds is 7. The Morgan fingerprint density at radius 2 is 2.00 bits per heavy atom. The van der Waals surface area contributed by atoms with Crippen molar-refractivity contribution in [2.75, 3.05) is 20.3 Å². The van der Waals surface area contributed by atoms with Gasteiger partial charge in [-0.1, -0.05) is 12.1 Å². The summed E-state index contributed by atoms with van der Waals surface area (Å²) >= 11 is 0. The van der Waals surface area contributed by atoms with E-state index in [-0.39, 0.29) is 18.6 Å². The minimum absolute atomic E-state index is 0.105. The van der Waals surface area contributed by atoms with Gasteiger partial charge in [0.1, 0.15) is 11.8 Å². The molecule has 3 N–H and O–H groups in total. The van der Waals surface area contributed by atoms with Crippen LogP contribution in [0.1, 0.15) is 25.5 Å². The van der Waals surface area contributed by atoms with Crippen molar-refractivity contribution in [1.82, 2.24) is 5.32 Å². The van der Waals surface area contributed by atoms with Crippen molar-refractivity contribution in [2.45, 2.75) is 25.9 Å². The molecule has 1 aromatic carbocycles. The molecule has 0 aromatic heterocycles. The third-order valence-corrected chi connectivity index (χ3v) is 2.73. The minimum Gasteiger partial charge on any atom is -0.494 e. The molecule has 0 spiro atoms. The lowest BCUT2D eigenvalue weighted by molar-refractivity contribution is -0.124. The van der Waals surface area contributed by atoms with Crippen LogP contribution in [-0.2, 0) is 9.53 Å². The van der Waals surface area contributed by atoms with E-state index < -0.39 is 6.04 Å².